The van der Waals surface area contributed by atoms with Gasteiger partial charge in [-0.3, -0.25) is 9.59 Å². The van der Waals surface area contributed by atoms with Crippen LogP contribution in [0.15, 0.2) is 47.4 Å². The van der Waals surface area contributed by atoms with Gasteiger partial charge in [-0.25, -0.2) is 0 Å². The highest BCUT2D eigenvalue weighted by atomic mass is 32.2. The van der Waals surface area contributed by atoms with E-state index in [0.29, 0.717) is 17.4 Å². The van der Waals surface area contributed by atoms with Crippen LogP contribution in [-0.4, -0.2) is 35.1 Å². The van der Waals surface area contributed by atoms with Gasteiger partial charge in [-0.05, 0) is 75.9 Å². The molecule has 1 aliphatic heterocycles. The molecule has 1 unspecified atom stereocenters. The SMILES string of the molecule is Cc1ccc(SCC(=O)Nc2ccc(C(=O)N3CCCCC3C)cc2C)cc1. The summed E-state index contributed by atoms with van der Waals surface area (Å²) in [5.74, 6) is 0.398. The van der Waals surface area contributed by atoms with Crippen LogP contribution in [0.3, 0.4) is 0 Å². The number of amides is 2. The van der Waals surface area contributed by atoms with Crippen LogP contribution in [0.2, 0.25) is 0 Å². The second-order valence-corrected chi connectivity index (χ2v) is 8.57. The molecule has 2 aromatic carbocycles. The van der Waals surface area contributed by atoms with E-state index in [4.69, 9.17) is 0 Å². The molecule has 5 heteroatoms. The standard InChI is InChI=1S/C23H28N2O2S/c1-16-7-10-20(11-8-16)28-15-22(26)24-21-12-9-19(14-17(21)2)23(27)25-13-5-4-6-18(25)3/h7-12,14,18H,4-6,13,15H2,1-3H3,(H,24,26). The highest BCUT2D eigenvalue weighted by molar-refractivity contribution is 8.00. The Kier molecular flexibility index (Phi) is 6.79. The third-order valence-electron chi connectivity index (χ3n) is 5.20. The van der Waals surface area contributed by atoms with E-state index in [1.54, 1.807) is 0 Å². The fraction of sp³-hybridized carbons (Fsp3) is 0.391. The molecule has 3 rings (SSSR count). The molecule has 4 nitrogen and oxygen atoms in total. The monoisotopic (exact) mass is 396 g/mol. The number of hydrogen-bond acceptors (Lipinski definition) is 3. The van der Waals surface area contributed by atoms with Crippen molar-refractivity contribution in [1.29, 1.82) is 0 Å². The van der Waals surface area contributed by atoms with Crippen molar-refractivity contribution >= 4 is 29.3 Å². The summed E-state index contributed by atoms with van der Waals surface area (Å²) in [6.07, 6.45) is 3.33. The molecule has 0 aromatic heterocycles. The summed E-state index contributed by atoms with van der Waals surface area (Å²) in [6.45, 7) is 6.92. The number of carbonyl (C=O) groups is 2. The van der Waals surface area contributed by atoms with E-state index in [0.717, 1.165) is 35.5 Å². The fourth-order valence-electron chi connectivity index (χ4n) is 3.47. The summed E-state index contributed by atoms with van der Waals surface area (Å²) in [4.78, 5) is 28.2. The summed E-state index contributed by atoms with van der Waals surface area (Å²) in [5, 5.41) is 2.96. The summed E-state index contributed by atoms with van der Waals surface area (Å²) in [5.41, 5.74) is 3.57. The zero-order valence-electron chi connectivity index (χ0n) is 16.8. The van der Waals surface area contributed by atoms with Gasteiger partial charge in [0.15, 0.2) is 0 Å². The summed E-state index contributed by atoms with van der Waals surface area (Å²) >= 11 is 1.52. The van der Waals surface area contributed by atoms with Crippen LogP contribution in [0.5, 0.6) is 0 Å². The van der Waals surface area contributed by atoms with Crippen LogP contribution >= 0.6 is 11.8 Å². The molecule has 148 valence electrons. The first-order chi connectivity index (χ1) is 13.4. The highest BCUT2D eigenvalue weighted by Crippen LogP contribution is 2.23. The Morgan fingerprint density at radius 3 is 2.54 bits per heavy atom. The van der Waals surface area contributed by atoms with Crippen LogP contribution in [-0.2, 0) is 4.79 Å². The van der Waals surface area contributed by atoms with Gasteiger partial charge in [-0.2, -0.15) is 0 Å². The van der Waals surface area contributed by atoms with E-state index in [1.165, 1.54) is 23.7 Å². The van der Waals surface area contributed by atoms with Crippen molar-refractivity contribution in [1.82, 2.24) is 4.90 Å². The molecule has 1 N–H and O–H groups in total. The van der Waals surface area contributed by atoms with Crippen molar-refractivity contribution in [2.24, 2.45) is 0 Å². The Morgan fingerprint density at radius 2 is 1.86 bits per heavy atom. The first kappa shape index (κ1) is 20.5. The molecule has 1 saturated heterocycles. The first-order valence-corrected chi connectivity index (χ1v) is 10.8. The summed E-state index contributed by atoms with van der Waals surface area (Å²) < 4.78 is 0. The van der Waals surface area contributed by atoms with Gasteiger partial charge in [0.1, 0.15) is 0 Å². The molecule has 1 fully saturated rings. The van der Waals surface area contributed by atoms with E-state index in [1.807, 2.05) is 61.2 Å². The molecule has 0 radical (unpaired) electrons. The Hall–Kier alpha value is -2.27. The molecule has 1 aliphatic rings. The largest absolute Gasteiger partial charge is 0.336 e. The van der Waals surface area contributed by atoms with Gasteiger partial charge in [-0.15, -0.1) is 11.8 Å². The Labute approximate surface area is 171 Å². The van der Waals surface area contributed by atoms with Crippen molar-refractivity contribution in [2.75, 3.05) is 17.6 Å². The molecule has 28 heavy (non-hydrogen) atoms. The molecular weight excluding hydrogens is 368 g/mol. The van der Waals surface area contributed by atoms with Crippen LogP contribution in [0.4, 0.5) is 5.69 Å². The predicted molar refractivity (Wildman–Crippen MR) is 116 cm³/mol. The predicted octanol–water partition coefficient (Wildman–Crippen LogP) is 5.05. The van der Waals surface area contributed by atoms with Gasteiger partial charge in [0.25, 0.3) is 5.91 Å². The molecule has 0 saturated carbocycles. The maximum Gasteiger partial charge on any atom is 0.254 e. The zero-order chi connectivity index (χ0) is 20.1. The Bertz CT molecular complexity index is 848. The first-order valence-electron chi connectivity index (χ1n) is 9.85. The second-order valence-electron chi connectivity index (χ2n) is 7.52. The number of anilines is 1. The molecule has 0 aliphatic carbocycles. The number of benzene rings is 2. The summed E-state index contributed by atoms with van der Waals surface area (Å²) in [7, 11) is 0. The number of piperidine rings is 1. The lowest BCUT2D eigenvalue weighted by Gasteiger charge is -2.33. The summed E-state index contributed by atoms with van der Waals surface area (Å²) in [6, 6.07) is 14.0. The zero-order valence-corrected chi connectivity index (χ0v) is 17.6. The minimum Gasteiger partial charge on any atom is -0.336 e. The minimum atomic E-state index is -0.0441. The Morgan fingerprint density at radius 1 is 1.11 bits per heavy atom. The lowest BCUT2D eigenvalue weighted by molar-refractivity contribution is -0.113. The number of carbonyl (C=O) groups excluding carboxylic acids is 2. The van der Waals surface area contributed by atoms with Crippen LogP contribution in [0, 0.1) is 13.8 Å². The van der Waals surface area contributed by atoms with Gasteiger partial charge in [0.2, 0.25) is 5.91 Å². The maximum absolute atomic E-state index is 12.8. The van der Waals surface area contributed by atoms with Crippen LogP contribution < -0.4 is 5.32 Å². The molecule has 2 aromatic rings. The van der Waals surface area contributed by atoms with Crippen molar-refractivity contribution in [3.63, 3.8) is 0 Å². The molecule has 2 amide bonds. The van der Waals surface area contributed by atoms with E-state index in [2.05, 4.69) is 12.2 Å². The molecule has 1 heterocycles. The maximum atomic E-state index is 12.8. The number of nitrogens with zero attached hydrogens (tertiary/aromatic N) is 1. The van der Waals surface area contributed by atoms with Crippen molar-refractivity contribution < 1.29 is 9.59 Å². The normalized spacial score (nSPS) is 16.7. The third-order valence-corrected chi connectivity index (χ3v) is 6.21. The van der Waals surface area contributed by atoms with Crippen molar-refractivity contribution in [2.45, 2.75) is 51.0 Å². The number of aryl methyl sites for hydroxylation is 2. The molecule has 0 bridgehead atoms. The van der Waals surface area contributed by atoms with E-state index in [9.17, 15) is 9.59 Å². The molecule has 0 spiro atoms. The molecular formula is C23H28N2O2S. The fourth-order valence-corrected chi connectivity index (χ4v) is 4.17. The van der Waals surface area contributed by atoms with Gasteiger partial charge < -0.3 is 10.2 Å². The van der Waals surface area contributed by atoms with Gasteiger partial charge in [0.05, 0.1) is 5.75 Å². The third kappa shape index (κ3) is 5.16. The van der Waals surface area contributed by atoms with Gasteiger partial charge >= 0.3 is 0 Å². The lowest BCUT2D eigenvalue weighted by Crippen LogP contribution is -2.42. The van der Waals surface area contributed by atoms with Gasteiger partial charge in [-0.1, -0.05) is 17.7 Å². The Balaban J connectivity index is 1.59. The number of hydrogen-bond donors (Lipinski definition) is 1. The number of thioether (sulfide) groups is 1. The average Bonchev–Trinajstić information content (AvgIpc) is 2.69. The van der Waals surface area contributed by atoms with Crippen molar-refractivity contribution in [3.05, 3.63) is 59.2 Å². The van der Waals surface area contributed by atoms with E-state index >= 15 is 0 Å². The van der Waals surface area contributed by atoms with Crippen molar-refractivity contribution in [3.8, 4) is 0 Å². The molecule has 1 atom stereocenters. The van der Waals surface area contributed by atoms with Gasteiger partial charge in [0, 0.05) is 28.7 Å². The van der Waals surface area contributed by atoms with Crippen LogP contribution in [0.1, 0.15) is 47.7 Å². The average molecular weight is 397 g/mol. The quantitative estimate of drug-likeness (QED) is 0.720. The van der Waals surface area contributed by atoms with E-state index in [-0.39, 0.29) is 11.8 Å². The highest BCUT2D eigenvalue weighted by Gasteiger charge is 2.24. The lowest BCUT2D eigenvalue weighted by atomic mass is 10.0. The number of nitrogens with one attached hydrogen (secondary N) is 1. The topological polar surface area (TPSA) is 49.4 Å². The van der Waals surface area contributed by atoms with E-state index < -0.39 is 0 Å². The number of rotatable bonds is 5. The smallest absolute Gasteiger partial charge is 0.254 e. The number of likely N-dealkylation sites (tertiary alicyclic amines) is 1. The van der Waals surface area contributed by atoms with Crippen LogP contribution in [0.25, 0.3) is 0 Å². The second kappa shape index (κ2) is 9.28. The minimum absolute atomic E-state index is 0.0441.